The lowest BCUT2D eigenvalue weighted by Crippen LogP contribution is -2.58. The van der Waals surface area contributed by atoms with Crippen molar-refractivity contribution in [3.8, 4) is 17.4 Å². The maximum atomic E-state index is 14.7. The number of hydrogen-bond acceptors (Lipinski definition) is 11. The molecular formula is C40H50BrN5O9S2. The van der Waals surface area contributed by atoms with Gasteiger partial charge in [-0.1, -0.05) is 31.1 Å². The molecule has 1 aromatic carbocycles. The molecule has 2 unspecified atom stereocenters. The van der Waals surface area contributed by atoms with Gasteiger partial charge in [-0.2, -0.15) is 0 Å². The molecule has 0 spiro atoms. The zero-order valence-corrected chi connectivity index (χ0v) is 35.8. The van der Waals surface area contributed by atoms with Crippen molar-refractivity contribution in [2.24, 2.45) is 5.92 Å². The van der Waals surface area contributed by atoms with Gasteiger partial charge in [0.05, 0.1) is 40.2 Å². The van der Waals surface area contributed by atoms with E-state index in [4.69, 9.17) is 19.2 Å². The standard InChI is InChI=1S/C40H50BrN5O9S2/c1-22(2)54-33-19-31(27-15-16-30(53-4)34(41)35(27)43-33)55-25-18-29-36(47)44-40(39(50)45-57(51,52)26-13-14-26)20-24(40)10-8-6-5-7-9-11-28(38(49)46(29)21-25)42-37(48)32-17-12-23(3)56-32/h8,10,12,15-16,19,22,24-26,28-29,32H,5-7,9,11,13-14,17-18,20-21H2,1-4H3,(H,42,48)(H,44,47)(H,45,50)/b10-8-/t24?,25-,28+,29+,32?,40-/m1/s1. The maximum Gasteiger partial charge on any atom is 0.259 e. The first kappa shape index (κ1) is 41.3. The fourth-order valence-corrected chi connectivity index (χ4v) is 10.8. The van der Waals surface area contributed by atoms with Crippen molar-refractivity contribution in [2.75, 3.05) is 13.7 Å². The van der Waals surface area contributed by atoms with Crippen LogP contribution >= 0.6 is 27.7 Å². The van der Waals surface area contributed by atoms with Crippen molar-refractivity contribution < 1.29 is 41.8 Å². The number of pyridine rings is 1. The number of hydrogen-bond donors (Lipinski definition) is 3. The maximum absolute atomic E-state index is 14.7. The van der Waals surface area contributed by atoms with E-state index in [2.05, 4.69) is 31.3 Å². The van der Waals surface area contributed by atoms with Crippen LogP contribution in [-0.2, 0) is 29.2 Å². The summed E-state index contributed by atoms with van der Waals surface area (Å²) < 4.78 is 46.8. The fraction of sp³-hybridized carbons (Fsp3) is 0.575. The topological polar surface area (TPSA) is 182 Å². The van der Waals surface area contributed by atoms with Crippen LogP contribution < -0.4 is 29.6 Å². The van der Waals surface area contributed by atoms with E-state index in [1.165, 1.54) is 16.7 Å². The van der Waals surface area contributed by atoms with E-state index >= 15 is 0 Å². The van der Waals surface area contributed by atoms with Crippen molar-refractivity contribution in [1.82, 2.24) is 25.2 Å². The average molecular weight is 889 g/mol. The average Bonchev–Trinajstić information content (AvgIpc) is 4.05. The second-order valence-corrected chi connectivity index (χ2v) is 20.0. The van der Waals surface area contributed by atoms with E-state index in [0.717, 1.165) is 17.7 Å². The van der Waals surface area contributed by atoms with E-state index in [9.17, 15) is 27.6 Å². The summed E-state index contributed by atoms with van der Waals surface area (Å²) in [5.74, 6) is -1.19. The molecule has 6 atom stereocenters. The largest absolute Gasteiger partial charge is 0.495 e. The molecular weight excluding hydrogens is 839 g/mol. The van der Waals surface area contributed by atoms with Gasteiger partial charge in [0.2, 0.25) is 33.6 Å². The Morgan fingerprint density at radius 1 is 1.12 bits per heavy atom. The summed E-state index contributed by atoms with van der Waals surface area (Å²) in [6.07, 6.45) is 10.1. The Balaban J connectivity index is 1.22. The predicted octanol–water partition coefficient (Wildman–Crippen LogP) is 5.04. The van der Waals surface area contributed by atoms with Crippen LogP contribution in [0, 0.1) is 5.92 Å². The molecule has 0 bridgehead atoms. The molecule has 2 saturated carbocycles. The molecule has 2 aromatic rings. The number of thioether (sulfide) groups is 1. The molecule has 3 N–H and O–H groups in total. The quantitative estimate of drug-likeness (QED) is 0.272. The number of aromatic nitrogens is 1. The molecule has 1 aromatic heterocycles. The lowest BCUT2D eigenvalue weighted by molar-refractivity contribution is -0.142. The summed E-state index contributed by atoms with van der Waals surface area (Å²) in [5.41, 5.74) is -0.972. The number of carbonyl (C=O) groups excluding carboxylic acids is 4. The monoisotopic (exact) mass is 887 g/mol. The fourth-order valence-electron chi connectivity index (χ4n) is 7.79. The molecule has 3 fully saturated rings. The van der Waals surface area contributed by atoms with Crippen LogP contribution in [0.2, 0.25) is 0 Å². The van der Waals surface area contributed by atoms with E-state index in [1.54, 1.807) is 19.2 Å². The summed E-state index contributed by atoms with van der Waals surface area (Å²) in [4.78, 5) is 63.8. The highest BCUT2D eigenvalue weighted by Crippen LogP contribution is 2.46. The van der Waals surface area contributed by atoms with Gasteiger partial charge in [0.1, 0.15) is 35.2 Å². The number of amides is 4. The van der Waals surface area contributed by atoms with Gasteiger partial charge in [0.15, 0.2) is 0 Å². The zero-order chi connectivity index (χ0) is 40.6. The highest BCUT2D eigenvalue weighted by molar-refractivity contribution is 9.10. The van der Waals surface area contributed by atoms with Crippen LogP contribution in [0.25, 0.3) is 10.9 Å². The minimum absolute atomic E-state index is 0.00221. The molecule has 17 heteroatoms. The molecule has 14 nitrogen and oxygen atoms in total. The molecule has 0 radical (unpaired) electrons. The van der Waals surface area contributed by atoms with E-state index in [0.29, 0.717) is 71.3 Å². The van der Waals surface area contributed by atoms with E-state index in [-0.39, 0.29) is 36.6 Å². The number of sulfonamides is 1. The first-order valence-corrected chi connectivity index (χ1v) is 22.9. The molecule has 7 rings (SSSR count). The van der Waals surface area contributed by atoms with Crippen molar-refractivity contribution >= 4 is 72.2 Å². The van der Waals surface area contributed by atoms with Gasteiger partial charge < -0.3 is 29.7 Å². The molecule has 2 aliphatic carbocycles. The summed E-state index contributed by atoms with van der Waals surface area (Å²) >= 11 is 5.07. The Labute approximate surface area is 345 Å². The Morgan fingerprint density at radius 2 is 1.91 bits per heavy atom. The van der Waals surface area contributed by atoms with Crippen LogP contribution in [0.3, 0.4) is 0 Å². The number of fused-ring (bicyclic) bond motifs is 3. The molecule has 4 heterocycles. The van der Waals surface area contributed by atoms with Gasteiger partial charge in [-0.15, -0.1) is 11.8 Å². The highest BCUT2D eigenvalue weighted by Gasteiger charge is 2.62. The van der Waals surface area contributed by atoms with Crippen molar-refractivity contribution in [2.45, 2.75) is 125 Å². The second kappa shape index (κ2) is 16.8. The van der Waals surface area contributed by atoms with E-state index < -0.39 is 62.6 Å². The number of methoxy groups -OCH3 is 1. The van der Waals surface area contributed by atoms with Crippen molar-refractivity contribution in [3.63, 3.8) is 0 Å². The summed E-state index contributed by atoms with van der Waals surface area (Å²) in [6.45, 7) is 5.72. The number of carbonyl (C=O) groups is 4. The molecule has 5 aliphatic rings. The van der Waals surface area contributed by atoms with Crippen LogP contribution in [0.4, 0.5) is 0 Å². The second-order valence-electron chi connectivity index (χ2n) is 15.8. The minimum Gasteiger partial charge on any atom is -0.495 e. The first-order chi connectivity index (χ1) is 27.2. The Bertz CT molecular complexity index is 2110. The Hall–Kier alpha value is -3.83. The predicted molar refractivity (Wildman–Crippen MR) is 219 cm³/mol. The third kappa shape index (κ3) is 9.09. The van der Waals surface area contributed by atoms with Crippen LogP contribution in [0.5, 0.6) is 17.4 Å². The third-order valence-corrected chi connectivity index (χ3v) is 14.9. The molecule has 4 amide bonds. The summed E-state index contributed by atoms with van der Waals surface area (Å²) in [6, 6.07) is 3.27. The molecule has 1 saturated heterocycles. The third-order valence-electron chi connectivity index (χ3n) is 11.1. The SMILES string of the molecule is COc1ccc2c(O[C@@H]3C[C@H]4C(=O)N[C@]5(C(=O)NS(=O)(=O)C6CC6)CC5/C=C\CCCCC[C@H](NC(=O)C5CC=C(C)S5)C(=O)N4C3)cc(OC(C)C)nc2c1Br. The Kier molecular flexibility index (Phi) is 12.2. The molecule has 57 heavy (non-hydrogen) atoms. The first-order valence-electron chi connectivity index (χ1n) is 19.7. The van der Waals surface area contributed by atoms with Gasteiger partial charge in [0, 0.05) is 23.8 Å². The lowest BCUT2D eigenvalue weighted by Gasteiger charge is -2.30. The normalized spacial score (nSPS) is 28.6. The van der Waals surface area contributed by atoms with Crippen LogP contribution in [0.15, 0.2) is 45.8 Å². The minimum atomic E-state index is -3.90. The van der Waals surface area contributed by atoms with Crippen LogP contribution in [0.1, 0.15) is 85.0 Å². The number of nitrogens with zero attached hydrogens (tertiary/aromatic N) is 2. The van der Waals surface area contributed by atoms with Gasteiger partial charge in [-0.25, -0.2) is 13.4 Å². The summed E-state index contributed by atoms with van der Waals surface area (Å²) in [5, 5.41) is 5.60. The number of benzene rings is 1. The number of nitrogens with one attached hydrogen (secondary N) is 3. The summed E-state index contributed by atoms with van der Waals surface area (Å²) in [7, 11) is -2.34. The number of allylic oxidation sites excluding steroid dienone is 3. The van der Waals surface area contributed by atoms with Gasteiger partial charge >= 0.3 is 0 Å². The van der Waals surface area contributed by atoms with E-state index in [1.807, 2.05) is 45.1 Å². The zero-order valence-electron chi connectivity index (χ0n) is 32.5. The van der Waals surface area contributed by atoms with Gasteiger partial charge in [-0.05, 0) is 98.7 Å². The lowest BCUT2D eigenvalue weighted by atomic mass is 10.0. The van der Waals surface area contributed by atoms with Crippen LogP contribution in [-0.4, -0.2) is 95.9 Å². The van der Waals surface area contributed by atoms with Gasteiger partial charge in [-0.3, -0.25) is 23.9 Å². The Morgan fingerprint density at radius 3 is 2.61 bits per heavy atom. The molecule has 308 valence electrons. The number of rotatable bonds is 10. The van der Waals surface area contributed by atoms with Gasteiger partial charge in [0.25, 0.3) is 5.91 Å². The number of ether oxygens (including phenoxy) is 3. The molecule has 3 aliphatic heterocycles. The van der Waals surface area contributed by atoms with Crippen molar-refractivity contribution in [1.29, 1.82) is 0 Å². The highest BCUT2D eigenvalue weighted by atomic mass is 79.9. The number of halogens is 1. The van der Waals surface area contributed by atoms with Crippen molar-refractivity contribution in [3.05, 3.63) is 45.8 Å². The smallest absolute Gasteiger partial charge is 0.259 e.